The molecule has 0 aliphatic rings. The average Bonchev–Trinajstić information content (AvgIpc) is 3.04. The Balaban J connectivity index is 2.15. The Kier molecular flexibility index (Phi) is 5.11. The first kappa shape index (κ1) is 17.8. The van der Waals surface area contributed by atoms with Crippen molar-refractivity contribution >= 4 is 11.9 Å². The molecule has 0 amide bonds. The lowest BCUT2D eigenvalue weighted by Crippen LogP contribution is -2.23. The topological polar surface area (TPSA) is 73.8 Å². The number of nitrogens with zero attached hydrogens (tertiary/aromatic N) is 3. The molecule has 2 aromatic carbocycles. The number of hydrogen-bond donors (Lipinski definition) is 1. The summed E-state index contributed by atoms with van der Waals surface area (Å²) in [5.74, 6) is -0.0841. The molecule has 0 radical (unpaired) electrons. The van der Waals surface area contributed by atoms with Gasteiger partial charge in [-0.1, -0.05) is 50.2 Å². The third-order valence-electron chi connectivity index (χ3n) is 4.57. The molecule has 0 aliphatic carbocycles. The number of halogens is 1. The predicted octanol–water partition coefficient (Wildman–Crippen LogP) is 4.41. The summed E-state index contributed by atoms with van der Waals surface area (Å²) >= 11 is 0. The molecule has 0 atom stereocenters. The van der Waals surface area contributed by atoms with E-state index in [4.69, 9.17) is 5.73 Å². The summed E-state index contributed by atoms with van der Waals surface area (Å²) in [7, 11) is 0. The normalized spacial score (nSPS) is 11.1. The smallest absolute Gasteiger partial charge is 0.238 e. The third-order valence-corrected chi connectivity index (χ3v) is 4.57. The van der Waals surface area contributed by atoms with Gasteiger partial charge in [0.2, 0.25) is 11.9 Å². The number of anilines is 1. The van der Waals surface area contributed by atoms with Crippen molar-refractivity contribution in [1.82, 2.24) is 14.8 Å². The number of nitrogen functional groups attached to an aromatic ring is 1. The Morgan fingerprint density at radius 3 is 2.27 bits per heavy atom. The van der Waals surface area contributed by atoms with Crippen LogP contribution < -0.4 is 5.73 Å². The maximum absolute atomic E-state index is 13.3. The quantitative estimate of drug-likeness (QED) is 0.738. The molecule has 2 N–H and O–H groups in total. The fraction of sp³-hybridized carbons (Fsp3) is 0.250. The number of nitrogens with two attached hydrogens (primary N) is 1. The molecule has 134 valence electrons. The van der Waals surface area contributed by atoms with Crippen LogP contribution in [-0.2, 0) is 0 Å². The monoisotopic (exact) mass is 352 g/mol. The van der Waals surface area contributed by atoms with Crippen molar-refractivity contribution in [1.29, 1.82) is 0 Å². The van der Waals surface area contributed by atoms with Crippen molar-refractivity contribution in [2.24, 2.45) is 5.92 Å². The van der Waals surface area contributed by atoms with Crippen LogP contribution in [0.5, 0.6) is 0 Å². The van der Waals surface area contributed by atoms with E-state index in [1.165, 1.54) is 16.7 Å². The van der Waals surface area contributed by atoms with Crippen LogP contribution in [0.3, 0.4) is 0 Å². The summed E-state index contributed by atoms with van der Waals surface area (Å²) in [6.07, 6.45) is 1.43. The lowest BCUT2D eigenvalue weighted by Gasteiger charge is -2.15. The molecule has 26 heavy (non-hydrogen) atoms. The summed E-state index contributed by atoms with van der Waals surface area (Å²) in [6, 6.07) is 13.7. The van der Waals surface area contributed by atoms with E-state index >= 15 is 0 Å². The average molecular weight is 352 g/mol. The molecule has 0 fully saturated rings. The van der Waals surface area contributed by atoms with Crippen LogP contribution >= 0.6 is 0 Å². The highest BCUT2D eigenvalue weighted by atomic mass is 19.1. The Hall–Kier alpha value is -3.02. The van der Waals surface area contributed by atoms with Gasteiger partial charge in [0.1, 0.15) is 5.82 Å². The molecule has 0 saturated heterocycles. The summed E-state index contributed by atoms with van der Waals surface area (Å²) in [4.78, 5) is 12.9. The summed E-state index contributed by atoms with van der Waals surface area (Å²) in [5, 5.41) is 8.08. The van der Waals surface area contributed by atoms with Gasteiger partial charge in [0.05, 0.1) is 0 Å². The zero-order valence-corrected chi connectivity index (χ0v) is 14.8. The summed E-state index contributed by atoms with van der Waals surface area (Å²) in [6.45, 7) is 3.94. The second-order valence-corrected chi connectivity index (χ2v) is 6.12. The van der Waals surface area contributed by atoms with Gasteiger partial charge in [0.15, 0.2) is 5.82 Å². The molecule has 3 aromatic rings. The molecular weight excluding hydrogens is 331 g/mol. The zero-order chi connectivity index (χ0) is 18.7. The molecule has 5 nitrogen and oxygen atoms in total. The van der Waals surface area contributed by atoms with E-state index in [1.54, 1.807) is 12.1 Å². The minimum atomic E-state index is -0.303. The van der Waals surface area contributed by atoms with E-state index in [-0.39, 0.29) is 23.6 Å². The zero-order valence-electron chi connectivity index (χ0n) is 14.8. The van der Waals surface area contributed by atoms with Crippen LogP contribution in [-0.4, -0.2) is 20.7 Å². The van der Waals surface area contributed by atoms with E-state index in [0.29, 0.717) is 18.7 Å². The molecule has 0 aliphatic heterocycles. The first-order valence-corrected chi connectivity index (χ1v) is 8.67. The second-order valence-electron chi connectivity index (χ2n) is 6.12. The van der Waals surface area contributed by atoms with Crippen LogP contribution in [0.1, 0.15) is 31.5 Å². The number of carbonyl (C=O) groups is 1. The van der Waals surface area contributed by atoms with Crippen molar-refractivity contribution in [3.63, 3.8) is 0 Å². The number of rotatable bonds is 5. The molecule has 0 spiro atoms. The van der Waals surface area contributed by atoms with Crippen molar-refractivity contribution in [2.45, 2.75) is 26.7 Å². The molecule has 0 bridgehead atoms. The van der Waals surface area contributed by atoms with E-state index < -0.39 is 0 Å². The largest absolute Gasteiger partial charge is 0.367 e. The molecule has 1 aromatic heterocycles. The molecular formula is C20H21FN4O. The number of benzene rings is 2. The van der Waals surface area contributed by atoms with Gasteiger partial charge in [0.25, 0.3) is 0 Å². The molecule has 6 heteroatoms. The van der Waals surface area contributed by atoms with Gasteiger partial charge < -0.3 is 5.73 Å². The van der Waals surface area contributed by atoms with Gasteiger partial charge in [-0.05, 0) is 36.1 Å². The number of hydrogen-bond acceptors (Lipinski definition) is 4. The van der Waals surface area contributed by atoms with Gasteiger partial charge in [-0.25, -0.2) is 8.96 Å². The van der Waals surface area contributed by atoms with Crippen molar-refractivity contribution in [3.05, 3.63) is 54.3 Å². The lowest BCUT2D eigenvalue weighted by molar-refractivity contribution is 0.0831. The Bertz CT molecular complexity index is 914. The Morgan fingerprint density at radius 2 is 1.65 bits per heavy atom. The predicted molar refractivity (Wildman–Crippen MR) is 100.0 cm³/mol. The van der Waals surface area contributed by atoms with Crippen LogP contribution in [0.4, 0.5) is 10.3 Å². The highest BCUT2D eigenvalue weighted by Crippen LogP contribution is 2.32. The van der Waals surface area contributed by atoms with Crippen molar-refractivity contribution in [3.8, 4) is 22.5 Å². The van der Waals surface area contributed by atoms with E-state index in [0.717, 1.165) is 16.7 Å². The minimum absolute atomic E-state index is 0.0748. The second kappa shape index (κ2) is 7.47. The maximum atomic E-state index is 13.3. The lowest BCUT2D eigenvalue weighted by atomic mass is 9.98. The van der Waals surface area contributed by atoms with Crippen LogP contribution in [0.2, 0.25) is 0 Å². The van der Waals surface area contributed by atoms with Crippen LogP contribution in [0, 0.1) is 11.7 Å². The van der Waals surface area contributed by atoms with E-state index in [2.05, 4.69) is 10.2 Å². The van der Waals surface area contributed by atoms with Gasteiger partial charge >= 0.3 is 0 Å². The first-order chi connectivity index (χ1) is 12.6. The molecule has 1 heterocycles. The molecule has 3 rings (SSSR count). The Morgan fingerprint density at radius 1 is 1.04 bits per heavy atom. The van der Waals surface area contributed by atoms with Crippen LogP contribution in [0.25, 0.3) is 22.5 Å². The summed E-state index contributed by atoms with van der Waals surface area (Å²) in [5.41, 5.74) is 8.34. The highest BCUT2D eigenvalue weighted by Gasteiger charge is 2.24. The number of aromatic nitrogens is 3. The van der Waals surface area contributed by atoms with E-state index in [1.807, 2.05) is 38.1 Å². The van der Waals surface area contributed by atoms with Crippen LogP contribution in [0.15, 0.2) is 48.5 Å². The van der Waals surface area contributed by atoms with Crippen molar-refractivity contribution in [2.75, 3.05) is 5.73 Å². The van der Waals surface area contributed by atoms with Gasteiger partial charge in [-0.15, -0.1) is 10.2 Å². The summed E-state index contributed by atoms with van der Waals surface area (Å²) < 4.78 is 14.7. The fourth-order valence-corrected chi connectivity index (χ4v) is 3.07. The van der Waals surface area contributed by atoms with Gasteiger partial charge in [0, 0.05) is 11.5 Å². The van der Waals surface area contributed by atoms with Crippen molar-refractivity contribution < 1.29 is 9.18 Å². The van der Waals surface area contributed by atoms with Gasteiger partial charge in [-0.2, -0.15) is 0 Å². The van der Waals surface area contributed by atoms with E-state index in [9.17, 15) is 9.18 Å². The highest BCUT2D eigenvalue weighted by molar-refractivity contribution is 5.90. The number of carbonyl (C=O) groups excluding carboxylic acids is 1. The SMILES string of the molecule is CCC(CC)C(=O)n1c(N)nnc1-c1ccccc1-c1ccc(F)cc1. The van der Waals surface area contributed by atoms with Gasteiger partial charge in [-0.3, -0.25) is 4.79 Å². The Labute approximate surface area is 151 Å². The third kappa shape index (κ3) is 3.22. The maximum Gasteiger partial charge on any atom is 0.238 e. The standard InChI is InChI=1S/C20H21FN4O/c1-3-13(4-2)19(26)25-18(23-24-20(25)22)17-8-6-5-7-16(17)14-9-11-15(21)12-10-14/h5-13H,3-4H2,1-2H3,(H2,22,24). The minimum Gasteiger partial charge on any atom is -0.367 e. The first-order valence-electron chi connectivity index (χ1n) is 8.67. The molecule has 0 unspecified atom stereocenters. The molecule has 0 saturated carbocycles. The fourth-order valence-electron chi connectivity index (χ4n) is 3.07.